The highest BCUT2D eigenvalue weighted by Gasteiger charge is 2.39. The number of urea groups is 1. The molecule has 28 heavy (non-hydrogen) atoms. The summed E-state index contributed by atoms with van der Waals surface area (Å²) in [6.07, 6.45) is 3.71. The van der Waals surface area contributed by atoms with Crippen LogP contribution in [0.15, 0.2) is 53.3 Å². The number of furan rings is 1. The Labute approximate surface area is 160 Å². The first-order valence-electron chi connectivity index (χ1n) is 9.02. The van der Waals surface area contributed by atoms with Crippen molar-refractivity contribution in [3.05, 3.63) is 60.2 Å². The third-order valence-electron chi connectivity index (χ3n) is 4.86. The fourth-order valence-electron chi connectivity index (χ4n) is 3.42. The van der Waals surface area contributed by atoms with Gasteiger partial charge in [0.15, 0.2) is 0 Å². The van der Waals surface area contributed by atoms with Gasteiger partial charge in [-0.05, 0) is 30.7 Å². The van der Waals surface area contributed by atoms with E-state index in [2.05, 4.69) is 15.6 Å². The smallest absolute Gasteiger partial charge is 0.325 e. The summed E-state index contributed by atoms with van der Waals surface area (Å²) in [5, 5.41) is 6.40. The van der Waals surface area contributed by atoms with Crippen LogP contribution in [0.2, 0.25) is 0 Å². The van der Waals surface area contributed by atoms with E-state index in [1.54, 1.807) is 19.1 Å². The fraction of sp³-hybridized carbons (Fsp3) is 0.250. The van der Waals surface area contributed by atoms with Gasteiger partial charge in [-0.25, -0.2) is 4.79 Å². The largest absolute Gasteiger partial charge is 0.467 e. The Kier molecular flexibility index (Phi) is 4.60. The summed E-state index contributed by atoms with van der Waals surface area (Å²) >= 11 is 0. The molecule has 8 nitrogen and oxygen atoms in total. The summed E-state index contributed by atoms with van der Waals surface area (Å²) in [5.41, 5.74) is 1.91. The molecule has 3 heterocycles. The van der Waals surface area contributed by atoms with Gasteiger partial charge < -0.3 is 20.0 Å². The van der Waals surface area contributed by atoms with Crippen LogP contribution in [-0.4, -0.2) is 40.3 Å². The average molecular weight is 380 g/mol. The molecule has 3 aromatic rings. The monoisotopic (exact) mass is 380 g/mol. The lowest BCUT2D eigenvalue weighted by molar-refractivity contribution is -0.132. The Morgan fingerprint density at radius 2 is 2.07 bits per heavy atom. The third kappa shape index (κ3) is 3.36. The van der Waals surface area contributed by atoms with E-state index in [-0.39, 0.29) is 12.6 Å². The van der Waals surface area contributed by atoms with Crippen LogP contribution in [0.4, 0.5) is 4.79 Å². The van der Waals surface area contributed by atoms with Crippen molar-refractivity contribution in [1.29, 1.82) is 0 Å². The zero-order valence-electron chi connectivity index (χ0n) is 15.3. The second-order valence-electron chi connectivity index (χ2n) is 6.79. The maximum atomic E-state index is 12.7. The lowest BCUT2D eigenvalue weighted by Crippen LogP contribution is -2.41. The predicted octanol–water partition coefficient (Wildman–Crippen LogP) is 2.10. The zero-order valence-corrected chi connectivity index (χ0v) is 15.3. The van der Waals surface area contributed by atoms with Gasteiger partial charge in [-0.2, -0.15) is 0 Å². The van der Waals surface area contributed by atoms with Gasteiger partial charge in [0.05, 0.1) is 12.3 Å². The Hall–Kier alpha value is -3.55. The van der Waals surface area contributed by atoms with Crippen LogP contribution >= 0.6 is 0 Å². The molecule has 1 aliphatic rings. The molecule has 1 aromatic carbocycles. The number of fused-ring (bicyclic) bond motifs is 1. The van der Waals surface area contributed by atoms with E-state index in [0.717, 1.165) is 21.4 Å². The van der Waals surface area contributed by atoms with Crippen LogP contribution in [-0.2, 0) is 16.0 Å². The molecule has 2 atom stereocenters. The van der Waals surface area contributed by atoms with E-state index in [1.807, 2.05) is 30.5 Å². The summed E-state index contributed by atoms with van der Waals surface area (Å²) < 4.78 is 5.24. The normalized spacial score (nSPS) is 17.8. The van der Waals surface area contributed by atoms with Crippen LogP contribution in [0.1, 0.15) is 24.3 Å². The quantitative estimate of drug-likeness (QED) is 0.569. The standard InChI is InChI=1S/C20H20N4O4/c1-12(17-7-4-8-28-17)22-18(25)11-24-19(26)16(23-20(24)27)9-13-10-21-15-6-3-2-5-14(13)15/h2-8,10,12,16,21H,9,11H2,1H3,(H,22,25)(H,23,27)/t12-,16+/m0/s1. The molecule has 0 radical (unpaired) electrons. The number of carbonyl (C=O) groups excluding carboxylic acids is 3. The van der Waals surface area contributed by atoms with Crippen LogP contribution < -0.4 is 10.6 Å². The van der Waals surface area contributed by atoms with Gasteiger partial charge in [-0.1, -0.05) is 18.2 Å². The fourth-order valence-corrected chi connectivity index (χ4v) is 3.42. The number of hydrogen-bond acceptors (Lipinski definition) is 4. The number of aromatic nitrogens is 1. The van der Waals surface area contributed by atoms with Gasteiger partial charge in [0.1, 0.15) is 18.3 Å². The minimum absolute atomic E-state index is 0.333. The number of aromatic amines is 1. The molecule has 4 rings (SSSR count). The van der Waals surface area contributed by atoms with E-state index >= 15 is 0 Å². The molecule has 0 bridgehead atoms. The number of benzene rings is 1. The molecule has 2 aromatic heterocycles. The second-order valence-corrected chi connectivity index (χ2v) is 6.79. The van der Waals surface area contributed by atoms with Crippen LogP contribution in [0, 0.1) is 0 Å². The first kappa shape index (κ1) is 17.8. The van der Waals surface area contributed by atoms with Crippen molar-refractivity contribution in [2.75, 3.05) is 6.54 Å². The molecule has 144 valence electrons. The molecular formula is C20H20N4O4. The number of amides is 4. The molecule has 0 unspecified atom stereocenters. The average Bonchev–Trinajstić information content (AvgIpc) is 3.40. The summed E-state index contributed by atoms with van der Waals surface area (Å²) in [5.74, 6) is -0.237. The highest BCUT2D eigenvalue weighted by Crippen LogP contribution is 2.21. The number of carbonyl (C=O) groups is 3. The molecule has 1 fully saturated rings. The summed E-state index contributed by atoms with van der Waals surface area (Å²) in [6, 6.07) is 9.62. The highest BCUT2D eigenvalue weighted by molar-refractivity contribution is 6.06. The molecule has 8 heteroatoms. The van der Waals surface area contributed by atoms with Gasteiger partial charge in [0.2, 0.25) is 5.91 Å². The van der Waals surface area contributed by atoms with Gasteiger partial charge in [0, 0.05) is 23.5 Å². The molecule has 0 saturated carbocycles. The molecule has 3 N–H and O–H groups in total. The Morgan fingerprint density at radius 3 is 2.86 bits per heavy atom. The zero-order chi connectivity index (χ0) is 19.7. The number of imide groups is 1. The maximum Gasteiger partial charge on any atom is 0.325 e. The lowest BCUT2D eigenvalue weighted by Gasteiger charge is -2.15. The third-order valence-corrected chi connectivity index (χ3v) is 4.86. The van der Waals surface area contributed by atoms with Crippen molar-refractivity contribution in [3.63, 3.8) is 0 Å². The van der Waals surface area contributed by atoms with Crippen LogP contribution in [0.3, 0.4) is 0 Å². The number of rotatable bonds is 6. The molecular weight excluding hydrogens is 360 g/mol. The Balaban J connectivity index is 1.40. The summed E-state index contributed by atoms with van der Waals surface area (Å²) in [4.78, 5) is 41.3. The second kappa shape index (κ2) is 7.22. The molecule has 0 spiro atoms. The van der Waals surface area contributed by atoms with Crippen molar-refractivity contribution >= 4 is 28.7 Å². The van der Waals surface area contributed by atoms with Crippen molar-refractivity contribution in [2.45, 2.75) is 25.4 Å². The van der Waals surface area contributed by atoms with Crippen molar-refractivity contribution in [3.8, 4) is 0 Å². The van der Waals surface area contributed by atoms with E-state index < -0.39 is 23.9 Å². The number of hydrogen-bond donors (Lipinski definition) is 3. The first-order chi connectivity index (χ1) is 13.5. The molecule has 0 aliphatic carbocycles. The number of H-pyrrole nitrogens is 1. The predicted molar refractivity (Wildman–Crippen MR) is 101 cm³/mol. The van der Waals surface area contributed by atoms with Crippen molar-refractivity contribution in [2.24, 2.45) is 0 Å². The molecule has 1 saturated heterocycles. The van der Waals surface area contributed by atoms with Gasteiger partial charge >= 0.3 is 6.03 Å². The van der Waals surface area contributed by atoms with Gasteiger partial charge in [-0.15, -0.1) is 0 Å². The van der Waals surface area contributed by atoms with E-state index in [4.69, 9.17) is 4.42 Å². The topological polar surface area (TPSA) is 107 Å². The summed E-state index contributed by atoms with van der Waals surface area (Å²) in [7, 11) is 0. The highest BCUT2D eigenvalue weighted by atomic mass is 16.3. The Morgan fingerprint density at radius 1 is 1.25 bits per heavy atom. The van der Waals surface area contributed by atoms with Crippen molar-refractivity contribution in [1.82, 2.24) is 20.5 Å². The SMILES string of the molecule is C[C@H](NC(=O)CN1C(=O)N[C@H](Cc2c[nH]c3ccccc23)C1=O)c1ccco1. The minimum Gasteiger partial charge on any atom is -0.467 e. The van der Waals surface area contributed by atoms with Crippen LogP contribution in [0.25, 0.3) is 10.9 Å². The van der Waals surface area contributed by atoms with E-state index in [0.29, 0.717) is 12.2 Å². The minimum atomic E-state index is -0.693. The summed E-state index contributed by atoms with van der Waals surface area (Å²) in [6.45, 7) is 1.43. The molecule has 4 amide bonds. The maximum absolute atomic E-state index is 12.7. The number of nitrogens with zero attached hydrogens (tertiary/aromatic N) is 1. The van der Waals surface area contributed by atoms with E-state index in [9.17, 15) is 14.4 Å². The van der Waals surface area contributed by atoms with Gasteiger partial charge in [0.25, 0.3) is 5.91 Å². The van der Waals surface area contributed by atoms with Crippen molar-refractivity contribution < 1.29 is 18.8 Å². The number of nitrogens with one attached hydrogen (secondary N) is 3. The first-order valence-corrected chi connectivity index (χ1v) is 9.02. The van der Waals surface area contributed by atoms with Crippen LogP contribution in [0.5, 0.6) is 0 Å². The van der Waals surface area contributed by atoms with E-state index in [1.165, 1.54) is 6.26 Å². The number of para-hydroxylation sites is 1. The lowest BCUT2D eigenvalue weighted by atomic mass is 10.1. The Bertz CT molecular complexity index is 1020. The van der Waals surface area contributed by atoms with Gasteiger partial charge in [-0.3, -0.25) is 14.5 Å². The molecule has 1 aliphatic heterocycles.